The van der Waals surface area contributed by atoms with E-state index in [9.17, 15) is 14.3 Å². The molecule has 7 rings (SSSR count). The normalized spacial score (nSPS) is 20.5. The highest BCUT2D eigenvalue weighted by Gasteiger charge is 2.44. The van der Waals surface area contributed by atoms with E-state index in [1.165, 1.54) is 28.0 Å². The van der Waals surface area contributed by atoms with Crippen molar-refractivity contribution < 1.29 is 19.0 Å². The molecule has 0 amide bonds. The fourth-order valence-corrected chi connectivity index (χ4v) is 7.52. The van der Waals surface area contributed by atoms with Crippen LogP contribution in [0.1, 0.15) is 43.9 Å². The zero-order valence-electron chi connectivity index (χ0n) is 29.3. The average molecular weight is 697 g/mol. The van der Waals surface area contributed by atoms with Crippen LogP contribution < -0.4 is 20.2 Å². The molecule has 12 nitrogen and oxygen atoms in total. The summed E-state index contributed by atoms with van der Waals surface area (Å²) in [6.45, 7) is 10.5. The summed E-state index contributed by atoms with van der Waals surface area (Å²) in [5.74, 6) is 0.702. The lowest BCUT2D eigenvalue weighted by molar-refractivity contribution is -0.0185. The molecule has 51 heavy (non-hydrogen) atoms. The molecule has 2 fully saturated rings. The smallest absolute Gasteiger partial charge is 0.350 e. The van der Waals surface area contributed by atoms with Crippen molar-refractivity contribution in [3.8, 4) is 11.4 Å². The van der Waals surface area contributed by atoms with Crippen LogP contribution in [-0.4, -0.2) is 79.7 Å². The van der Waals surface area contributed by atoms with Gasteiger partial charge in [-0.25, -0.2) is 28.1 Å². The zero-order valence-corrected chi connectivity index (χ0v) is 29.3. The number of hydrogen-bond acceptors (Lipinski definition) is 9. The molecular formula is C38H45FN8O4. The second-order valence-electron chi connectivity index (χ2n) is 13.7. The predicted molar refractivity (Wildman–Crippen MR) is 192 cm³/mol. The van der Waals surface area contributed by atoms with E-state index in [1.54, 1.807) is 24.0 Å². The lowest BCUT2D eigenvalue weighted by Gasteiger charge is -2.37. The largest absolute Gasteiger partial charge is 0.493 e. The molecule has 2 aliphatic rings. The fourth-order valence-electron chi connectivity index (χ4n) is 7.52. The number of ether oxygens (including phenoxy) is 2. The van der Waals surface area contributed by atoms with E-state index < -0.39 is 11.7 Å². The third-order valence-corrected chi connectivity index (χ3v) is 10.2. The number of aromatic nitrogens is 6. The Morgan fingerprint density at radius 1 is 0.961 bits per heavy atom. The van der Waals surface area contributed by atoms with Crippen molar-refractivity contribution in [3.05, 3.63) is 113 Å². The summed E-state index contributed by atoms with van der Waals surface area (Å²) in [5.41, 5.74) is 3.91. The predicted octanol–water partition coefficient (Wildman–Crippen LogP) is 4.74. The molecule has 0 bridgehead atoms. The Bertz CT molecular complexity index is 1950. The van der Waals surface area contributed by atoms with Crippen molar-refractivity contribution in [1.29, 1.82) is 0 Å². The minimum Gasteiger partial charge on any atom is -0.493 e. The van der Waals surface area contributed by atoms with E-state index in [1.807, 2.05) is 56.3 Å². The zero-order chi connectivity index (χ0) is 35.5. The van der Waals surface area contributed by atoms with E-state index in [4.69, 9.17) is 9.47 Å². The second kappa shape index (κ2) is 14.7. The molecule has 0 unspecified atom stereocenters. The monoisotopic (exact) mass is 696 g/mol. The number of piperazine rings is 1. The van der Waals surface area contributed by atoms with Crippen LogP contribution in [0.3, 0.4) is 0 Å². The van der Waals surface area contributed by atoms with Crippen molar-refractivity contribution in [1.82, 2.24) is 29.1 Å². The van der Waals surface area contributed by atoms with E-state index in [0.29, 0.717) is 26.2 Å². The number of aliphatic hydroxyl groups excluding tert-OH is 1. The van der Waals surface area contributed by atoms with Gasteiger partial charge in [0, 0.05) is 43.5 Å². The molecule has 4 atom stereocenters. The standard InChI is InChI=1S/C38H45FN8O4/c1-4-36(28(3)48)47-37(49)46(26-42-47)33-8-6-31(7-9-33)43-15-17-44(18-16-43)32-10-12-34(13-11-32)50-21-29-20-38(51-22-29,23-45-25-40-24-41-45)35-14-5-30(39)19-27(35)2/h5-14,19,24-26,28-29,36,48H,4,15-18,20-23H2,1-3H3/t28-,29+,36-,38-/m0/s1. The maximum Gasteiger partial charge on any atom is 0.350 e. The Morgan fingerprint density at radius 2 is 1.63 bits per heavy atom. The van der Waals surface area contributed by atoms with Gasteiger partial charge in [-0.2, -0.15) is 10.2 Å². The Labute approximate surface area is 296 Å². The quantitative estimate of drug-likeness (QED) is 0.198. The Kier molecular flexibility index (Phi) is 9.92. The van der Waals surface area contributed by atoms with Gasteiger partial charge in [-0.3, -0.25) is 0 Å². The van der Waals surface area contributed by atoms with E-state index in [-0.39, 0.29) is 23.5 Å². The first-order chi connectivity index (χ1) is 24.7. The highest BCUT2D eigenvalue weighted by Crippen LogP contribution is 2.42. The van der Waals surface area contributed by atoms with E-state index in [0.717, 1.165) is 66.5 Å². The maximum absolute atomic E-state index is 14.0. The molecule has 268 valence electrons. The fraction of sp³-hybridized carbons (Fsp3) is 0.421. The molecule has 0 saturated carbocycles. The van der Waals surface area contributed by atoms with Gasteiger partial charge in [-0.15, -0.1) is 0 Å². The van der Waals surface area contributed by atoms with Crippen molar-refractivity contribution in [2.45, 2.75) is 57.9 Å². The summed E-state index contributed by atoms with van der Waals surface area (Å²) in [6.07, 6.45) is 5.37. The van der Waals surface area contributed by atoms with Gasteiger partial charge in [0.15, 0.2) is 0 Å². The Hall–Kier alpha value is -5.01. The van der Waals surface area contributed by atoms with Crippen LogP contribution >= 0.6 is 0 Å². The summed E-state index contributed by atoms with van der Waals surface area (Å²) in [7, 11) is 0. The molecule has 3 aromatic carbocycles. The van der Waals surface area contributed by atoms with E-state index >= 15 is 0 Å². The first-order valence-corrected chi connectivity index (χ1v) is 17.6. The molecule has 0 aliphatic carbocycles. The highest BCUT2D eigenvalue weighted by molar-refractivity contribution is 5.54. The first-order valence-electron chi connectivity index (χ1n) is 17.6. The van der Waals surface area contributed by atoms with Gasteiger partial charge in [0.2, 0.25) is 0 Å². The molecule has 2 aromatic heterocycles. The van der Waals surface area contributed by atoms with Gasteiger partial charge >= 0.3 is 5.69 Å². The molecule has 0 spiro atoms. The van der Waals surface area contributed by atoms with Gasteiger partial charge < -0.3 is 24.4 Å². The summed E-state index contributed by atoms with van der Waals surface area (Å²) in [5, 5.41) is 18.6. The molecule has 4 heterocycles. The Balaban J connectivity index is 0.923. The number of rotatable bonds is 12. The summed E-state index contributed by atoms with van der Waals surface area (Å²) < 4.78 is 31.4. The summed E-state index contributed by atoms with van der Waals surface area (Å²) in [4.78, 5) is 21.8. The minimum atomic E-state index is -0.666. The summed E-state index contributed by atoms with van der Waals surface area (Å²) in [6, 6.07) is 20.7. The molecule has 5 aromatic rings. The lowest BCUT2D eigenvalue weighted by atomic mass is 9.85. The van der Waals surface area contributed by atoms with Gasteiger partial charge in [-0.05, 0) is 98.5 Å². The topological polar surface area (TPSA) is 116 Å². The van der Waals surface area contributed by atoms with Crippen LogP contribution in [0.2, 0.25) is 0 Å². The number of hydrogen-bond donors (Lipinski definition) is 1. The van der Waals surface area contributed by atoms with Crippen molar-refractivity contribution >= 4 is 11.4 Å². The van der Waals surface area contributed by atoms with Gasteiger partial charge in [0.05, 0.1) is 37.6 Å². The van der Waals surface area contributed by atoms with Crippen LogP contribution in [0.25, 0.3) is 5.69 Å². The SMILES string of the molecule is CC[C@@H]([C@H](C)O)n1ncn(-c2ccc(N3CCN(c4ccc(OC[C@@H]5CO[C@@](Cn6cncn6)(c6ccc(F)cc6C)C5)cc4)CC3)cc2)c1=O. The number of benzene rings is 3. The maximum atomic E-state index is 14.0. The lowest BCUT2D eigenvalue weighted by Crippen LogP contribution is -2.46. The molecular weight excluding hydrogens is 651 g/mol. The average Bonchev–Trinajstić information content (AvgIpc) is 3.90. The van der Waals surface area contributed by atoms with Crippen molar-refractivity contribution in [3.63, 3.8) is 0 Å². The van der Waals surface area contributed by atoms with Crippen LogP contribution in [-0.2, 0) is 16.9 Å². The second-order valence-corrected chi connectivity index (χ2v) is 13.7. The number of aryl methyl sites for hydroxylation is 1. The molecule has 2 saturated heterocycles. The van der Waals surface area contributed by atoms with Crippen molar-refractivity contribution in [2.75, 3.05) is 49.2 Å². The van der Waals surface area contributed by atoms with Crippen LogP contribution in [0.15, 0.2) is 90.5 Å². The van der Waals surface area contributed by atoms with Gasteiger partial charge in [0.25, 0.3) is 0 Å². The Morgan fingerprint density at radius 3 is 2.24 bits per heavy atom. The molecule has 13 heteroatoms. The first kappa shape index (κ1) is 34.4. The van der Waals surface area contributed by atoms with Crippen LogP contribution in [0.4, 0.5) is 15.8 Å². The number of nitrogens with zero attached hydrogens (tertiary/aromatic N) is 8. The van der Waals surface area contributed by atoms with E-state index in [2.05, 4.69) is 37.1 Å². The van der Waals surface area contributed by atoms with Gasteiger partial charge in [-0.1, -0.05) is 13.0 Å². The number of anilines is 2. The molecule has 1 N–H and O–H groups in total. The number of halogens is 1. The van der Waals surface area contributed by atoms with Crippen LogP contribution in [0.5, 0.6) is 5.75 Å². The minimum absolute atomic E-state index is 0.155. The highest BCUT2D eigenvalue weighted by atomic mass is 19.1. The van der Waals surface area contributed by atoms with Crippen molar-refractivity contribution in [2.24, 2.45) is 5.92 Å². The molecule has 2 aliphatic heterocycles. The van der Waals surface area contributed by atoms with Gasteiger partial charge in [0.1, 0.15) is 36.1 Å². The molecule has 0 radical (unpaired) electrons. The summed E-state index contributed by atoms with van der Waals surface area (Å²) >= 11 is 0. The van der Waals surface area contributed by atoms with Crippen LogP contribution in [0, 0.1) is 18.7 Å². The third-order valence-electron chi connectivity index (χ3n) is 10.2. The third kappa shape index (κ3) is 7.26. The number of aliphatic hydroxyl groups is 1.